The van der Waals surface area contributed by atoms with Crippen LogP contribution in [0.15, 0.2) is 0 Å². The van der Waals surface area contributed by atoms with Crippen LogP contribution in [0.2, 0.25) is 0 Å². The van der Waals surface area contributed by atoms with Gasteiger partial charge in [0.15, 0.2) is 0 Å². The van der Waals surface area contributed by atoms with E-state index in [1.54, 1.807) is 20.8 Å². The topological polar surface area (TPSA) is 58.6 Å². The van der Waals surface area contributed by atoms with Crippen molar-refractivity contribution in [3.05, 3.63) is 0 Å². The van der Waals surface area contributed by atoms with Gasteiger partial charge in [0.2, 0.25) is 5.91 Å². The van der Waals surface area contributed by atoms with Gasteiger partial charge >= 0.3 is 12.3 Å². The summed E-state index contributed by atoms with van der Waals surface area (Å²) in [6, 6.07) is -1.69. The zero-order chi connectivity index (χ0) is 15.4. The van der Waals surface area contributed by atoms with Crippen molar-refractivity contribution >= 4 is 12.0 Å². The minimum atomic E-state index is -4.56. The van der Waals surface area contributed by atoms with Crippen LogP contribution < -0.4 is 5.32 Å². The van der Waals surface area contributed by atoms with Gasteiger partial charge in [-0.3, -0.25) is 4.79 Å². The number of rotatable bonds is 3. The van der Waals surface area contributed by atoms with E-state index in [0.29, 0.717) is 0 Å². The molecule has 5 nitrogen and oxygen atoms in total. The molecule has 2 amide bonds. The van der Waals surface area contributed by atoms with Crippen molar-refractivity contribution in [2.24, 2.45) is 0 Å². The Kier molecular flexibility index (Phi) is 5.64. The smallest absolute Gasteiger partial charge is 0.408 e. The van der Waals surface area contributed by atoms with Crippen LogP contribution in [0, 0.1) is 0 Å². The molecule has 0 aliphatic carbocycles. The highest BCUT2D eigenvalue weighted by molar-refractivity contribution is 5.85. The largest absolute Gasteiger partial charge is 0.444 e. The third-order valence-electron chi connectivity index (χ3n) is 1.87. The standard InChI is InChI=1S/C11H19F3N2O3/c1-10(2,3)19-9(18)15-7(6-11(12,13)14)8(17)16(4)5/h7H,6H2,1-5H3,(H,15,18). The van der Waals surface area contributed by atoms with E-state index in [0.717, 1.165) is 4.90 Å². The third-order valence-corrected chi connectivity index (χ3v) is 1.87. The fourth-order valence-corrected chi connectivity index (χ4v) is 1.19. The normalized spacial score (nSPS) is 13.7. The molecular formula is C11H19F3N2O3. The van der Waals surface area contributed by atoms with Gasteiger partial charge in [-0.25, -0.2) is 4.79 Å². The quantitative estimate of drug-likeness (QED) is 0.861. The maximum atomic E-state index is 12.4. The highest BCUT2D eigenvalue weighted by Crippen LogP contribution is 2.22. The first-order chi connectivity index (χ1) is 8.32. The minimum absolute atomic E-state index is 0.844. The lowest BCUT2D eigenvalue weighted by atomic mass is 10.1. The molecule has 0 saturated carbocycles. The summed E-state index contributed by atoms with van der Waals surface area (Å²) < 4.78 is 41.9. The van der Waals surface area contributed by atoms with Gasteiger partial charge in [-0.2, -0.15) is 13.2 Å². The number of alkyl halides is 3. The molecule has 8 heteroatoms. The van der Waals surface area contributed by atoms with E-state index in [-0.39, 0.29) is 0 Å². The molecule has 0 fully saturated rings. The van der Waals surface area contributed by atoms with Crippen molar-refractivity contribution in [1.82, 2.24) is 10.2 Å². The number of hydrogen-bond acceptors (Lipinski definition) is 3. The number of carbonyl (C=O) groups excluding carboxylic acids is 2. The lowest BCUT2D eigenvalue weighted by molar-refractivity contribution is -0.152. The molecular weight excluding hydrogens is 265 g/mol. The van der Waals surface area contributed by atoms with E-state index < -0.39 is 36.2 Å². The van der Waals surface area contributed by atoms with Crippen molar-refractivity contribution < 1.29 is 27.5 Å². The van der Waals surface area contributed by atoms with E-state index in [4.69, 9.17) is 4.74 Å². The van der Waals surface area contributed by atoms with Gasteiger partial charge < -0.3 is 15.0 Å². The Labute approximate surface area is 110 Å². The molecule has 0 aromatic heterocycles. The molecule has 0 saturated heterocycles. The maximum absolute atomic E-state index is 12.4. The van der Waals surface area contributed by atoms with E-state index >= 15 is 0 Å². The molecule has 0 bridgehead atoms. The number of halogens is 3. The molecule has 0 radical (unpaired) electrons. The SMILES string of the molecule is CN(C)C(=O)C(CC(F)(F)F)NC(=O)OC(C)(C)C. The number of nitrogens with one attached hydrogen (secondary N) is 1. The highest BCUT2D eigenvalue weighted by atomic mass is 19.4. The fraction of sp³-hybridized carbons (Fsp3) is 0.818. The first-order valence-corrected chi connectivity index (χ1v) is 5.59. The molecule has 0 spiro atoms. The fourth-order valence-electron chi connectivity index (χ4n) is 1.19. The van der Waals surface area contributed by atoms with E-state index in [1.165, 1.54) is 14.1 Å². The number of nitrogens with zero attached hydrogens (tertiary/aromatic N) is 1. The van der Waals surface area contributed by atoms with Crippen LogP contribution in [0.25, 0.3) is 0 Å². The van der Waals surface area contributed by atoms with Crippen LogP contribution in [0.4, 0.5) is 18.0 Å². The Morgan fingerprint density at radius 1 is 1.21 bits per heavy atom. The van der Waals surface area contributed by atoms with Crippen molar-refractivity contribution in [2.75, 3.05) is 14.1 Å². The van der Waals surface area contributed by atoms with Crippen LogP contribution >= 0.6 is 0 Å². The number of amides is 2. The molecule has 112 valence electrons. The zero-order valence-corrected chi connectivity index (χ0v) is 11.6. The van der Waals surface area contributed by atoms with Gasteiger partial charge in [-0.1, -0.05) is 0 Å². The Balaban J connectivity index is 4.78. The molecule has 1 unspecified atom stereocenters. The molecule has 1 atom stereocenters. The van der Waals surface area contributed by atoms with Crippen molar-refractivity contribution in [3.63, 3.8) is 0 Å². The lowest BCUT2D eigenvalue weighted by Gasteiger charge is -2.25. The third kappa shape index (κ3) is 8.28. The molecule has 19 heavy (non-hydrogen) atoms. The number of carbonyl (C=O) groups is 2. The van der Waals surface area contributed by atoms with Crippen LogP contribution in [-0.4, -0.2) is 48.8 Å². The monoisotopic (exact) mass is 284 g/mol. The number of ether oxygens (including phenoxy) is 1. The summed E-state index contributed by atoms with van der Waals surface area (Å²) in [6.45, 7) is 4.71. The second-order valence-corrected chi connectivity index (χ2v) is 5.25. The second kappa shape index (κ2) is 6.12. The van der Waals surface area contributed by atoms with E-state index in [1.807, 2.05) is 5.32 Å². The van der Waals surface area contributed by atoms with E-state index in [2.05, 4.69) is 0 Å². The Morgan fingerprint density at radius 2 is 1.68 bits per heavy atom. The lowest BCUT2D eigenvalue weighted by Crippen LogP contribution is -2.49. The van der Waals surface area contributed by atoms with Gasteiger partial charge in [0.05, 0.1) is 6.42 Å². The van der Waals surface area contributed by atoms with Crippen LogP contribution in [0.3, 0.4) is 0 Å². The second-order valence-electron chi connectivity index (χ2n) is 5.25. The number of hydrogen-bond donors (Lipinski definition) is 1. The van der Waals surface area contributed by atoms with Gasteiger partial charge in [-0.15, -0.1) is 0 Å². The maximum Gasteiger partial charge on any atom is 0.408 e. The molecule has 0 aromatic carbocycles. The van der Waals surface area contributed by atoms with Gasteiger partial charge in [0, 0.05) is 14.1 Å². The summed E-state index contributed by atoms with van der Waals surface area (Å²) in [6.07, 6.45) is -7.06. The summed E-state index contributed by atoms with van der Waals surface area (Å²) in [5.74, 6) is -0.844. The van der Waals surface area contributed by atoms with Crippen LogP contribution in [0.5, 0.6) is 0 Å². The van der Waals surface area contributed by atoms with Gasteiger partial charge in [-0.05, 0) is 20.8 Å². The summed E-state index contributed by atoms with van der Waals surface area (Å²) in [5.41, 5.74) is -0.853. The predicted molar refractivity (Wildman–Crippen MR) is 62.5 cm³/mol. The number of alkyl carbamates (subject to hydrolysis) is 1. The minimum Gasteiger partial charge on any atom is -0.444 e. The first kappa shape index (κ1) is 17.5. The summed E-state index contributed by atoms with van der Waals surface area (Å²) in [5, 5.41) is 1.94. The number of likely N-dealkylation sites (N-methyl/N-ethyl adjacent to an activating group) is 1. The van der Waals surface area contributed by atoms with Crippen LogP contribution in [0.1, 0.15) is 27.2 Å². The summed E-state index contributed by atoms with van der Waals surface area (Å²) in [7, 11) is 2.62. The van der Waals surface area contributed by atoms with Gasteiger partial charge in [0.25, 0.3) is 0 Å². The molecule has 0 heterocycles. The highest BCUT2D eigenvalue weighted by Gasteiger charge is 2.37. The average molecular weight is 284 g/mol. The average Bonchev–Trinajstić information content (AvgIpc) is 2.09. The predicted octanol–water partition coefficient (Wildman–Crippen LogP) is 1.92. The molecule has 0 rings (SSSR count). The Morgan fingerprint density at radius 3 is 2.00 bits per heavy atom. The zero-order valence-electron chi connectivity index (χ0n) is 11.6. The van der Waals surface area contributed by atoms with Crippen LogP contribution in [-0.2, 0) is 9.53 Å². The van der Waals surface area contributed by atoms with Crippen molar-refractivity contribution in [2.45, 2.75) is 45.0 Å². The summed E-state index contributed by atoms with van der Waals surface area (Å²) >= 11 is 0. The Bertz CT molecular complexity index is 335. The van der Waals surface area contributed by atoms with Gasteiger partial charge in [0.1, 0.15) is 11.6 Å². The van der Waals surface area contributed by atoms with Crippen molar-refractivity contribution in [1.29, 1.82) is 0 Å². The molecule has 1 N–H and O–H groups in total. The Hall–Kier alpha value is -1.47. The van der Waals surface area contributed by atoms with E-state index in [9.17, 15) is 22.8 Å². The molecule has 0 aliphatic heterocycles. The first-order valence-electron chi connectivity index (χ1n) is 5.59. The van der Waals surface area contributed by atoms with Crippen molar-refractivity contribution in [3.8, 4) is 0 Å². The molecule has 0 aliphatic rings. The summed E-state index contributed by atoms with van der Waals surface area (Å²) in [4.78, 5) is 24.0. The molecule has 0 aromatic rings.